The third kappa shape index (κ3) is 3.51. The zero-order valence-electron chi connectivity index (χ0n) is 12.7. The molecule has 1 fully saturated rings. The summed E-state index contributed by atoms with van der Waals surface area (Å²) < 4.78 is 5.66. The quantitative estimate of drug-likeness (QED) is 0.872. The van der Waals surface area contributed by atoms with Crippen LogP contribution in [-0.2, 0) is 16.0 Å². The van der Waals surface area contributed by atoms with Gasteiger partial charge < -0.3 is 9.64 Å². The van der Waals surface area contributed by atoms with Gasteiger partial charge in [-0.25, -0.2) is 4.98 Å². The number of pyridine rings is 1. The molecule has 0 spiro atoms. The molecule has 0 aliphatic carbocycles. The number of hydrogen-bond acceptors (Lipinski definition) is 5. The van der Waals surface area contributed by atoms with Crippen LogP contribution >= 0.6 is 11.3 Å². The molecule has 3 heterocycles. The summed E-state index contributed by atoms with van der Waals surface area (Å²) in [4.78, 5) is 23.1. The summed E-state index contributed by atoms with van der Waals surface area (Å²) in [5.41, 5.74) is 1.65. The van der Waals surface area contributed by atoms with Crippen molar-refractivity contribution < 1.29 is 9.53 Å². The predicted molar refractivity (Wildman–Crippen MR) is 85.6 cm³/mol. The molecular formula is C16H19N3O2S. The summed E-state index contributed by atoms with van der Waals surface area (Å²) in [5.74, 6) is 0.111. The van der Waals surface area contributed by atoms with E-state index in [0.29, 0.717) is 19.5 Å². The third-order valence-electron chi connectivity index (χ3n) is 3.54. The summed E-state index contributed by atoms with van der Waals surface area (Å²) in [5, 5.41) is 2.79. The largest absolute Gasteiger partial charge is 0.372 e. The van der Waals surface area contributed by atoms with Crippen LogP contribution in [0, 0.1) is 0 Å². The van der Waals surface area contributed by atoms with Gasteiger partial charge in [-0.3, -0.25) is 9.78 Å². The van der Waals surface area contributed by atoms with E-state index in [1.54, 1.807) is 6.20 Å². The van der Waals surface area contributed by atoms with Gasteiger partial charge in [-0.2, -0.15) is 0 Å². The molecule has 2 aromatic rings. The summed E-state index contributed by atoms with van der Waals surface area (Å²) in [7, 11) is 0. The Morgan fingerprint density at radius 3 is 2.82 bits per heavy atom. The molecule has 0 N–H and O–H groups in total. The molecular weight excluding hydrogens is 298 g/mol. The lowest BCUT2D eigenvalue weighted by atomic mass is 10.2. The molecule has 5 nitrogen and oxygen atoms in total. The van der Waals surface area contributed by atoms with Crippen LogP contribution in [0.5, 0.6) is 0 Å². The highest BCUT2D eigenvalue weighted by Gasteiger charge is 2.26. The van der Waals surface area contributed by atoms with Crippen molar-refractivity contribution in [1.29, 1.82) is 0 Å². The first kappa shape index (κ1) is 15.1. The van der Waals surface area contributed by atoms with Crippen molar-refractivity contribution in [2.75, 3.05) is 13.1 Å². The van der Waals surface area contributed by atoms with Gasteiger partial charge in [0.2, 0.25) is 5.91 Å². The Kier molecular flexibility index (Phi) is 4.49. The number of ether oxygens (including phenoxy) is 1. The second-order valence-electron chi connectivity index (χ2n) is 5.59. The number of hydrogen-bond donors (Lipinski definition) is 0. The minimum atomic E-state index is 0.0900. The Morgan fingerprint density at radius 1 is 1.36 bits per heavy atom. The van der Waals surface area contributed by atoms with Crippen LogP contribution in [0.3, 0.4) is 0 Å². The second-order valence-corrected chi connectivity index (χ2v) is 6.45. The molecule has 1 aliphatic rings. The van der Waals surface area contributed by atoms with E-state index in [1.165, 1.54) is 11.3 Å². The van der Waals surface area contributed by atoms with E-state index in [4.69, 9.17) is 4.74 Å². The molecule has 0 bridgehead atoms. The molecule has 1 aliphatic heterocycles. The highest BCUT2D eigenvalue weighted by molar-refractivity contribution is 7.13. The first-order chi connectivity index (χ1) is 10.6. The number of carbonyl (C=O) groups excluding carboxylic acids is 1. The fourth-order valence-electron chi connectivity index (χ4n) is 2.64. The van der Waals surface area contributed by atoms with E-state index in [2.05, 4.69) is 9.97 Å². The lowest BCUT2D eigenvalue weighted by Crippen LogP contribution is -2.48. The van der Waals surface area contributed by atoms with Gasteiger partial charge in [0.05, 0.1) is 30.0 Å². The first-order valence-electron chi connectivity index (χ1n) is 7.41. The van der Waals surface area contributed by atoms with Crippen molar-refractivity contribution in [3.63, 3.8) is 0 Å². The van der Waals surface area contributed by atoms with Gasteiger partial charge in [-0.05, 0) is 26.0 Å². The Hall–Kier alpha value is -1.79. The van der Waals surface area contributed by atoms with E-state index in [1.807, 2.05) is 42.3 Å². The lowest BCUT2D eigenvalue weighted by molar-refractivity contribution is -0.142. The summed E-state index contributed by atoms with van der Waals surface area (Å²) in [6.07, 6.45) is 2.26. The van der Waals surface area contributed by atoms with Gasteiger partial charge >= 0.3 is 0 Å². The molecule has 3 rings (SSSR count). The molecule has 1 amide bonds. The van der Waals surface area contributed by atoms with E-state index in [-0.39, 0.29) is 18.1 Å². The fourth-order valence-corrected chi connectivity index (χ4v) is 3.44. The molecule has 0 radical (unpaired) electrons. The molecule has 1 saturated heterocycles. The molecule has 0 aromatic carbocycles. The topological polar surface area (TPSA) is 55.3 Å². The standard InChI is InChI=1S/C16H19N3O2S/c1-11-8-19(9-12(2)21-11)15(20)7-13-10-22-16(18-13)14-5-3-4-6-17-14/h3-6,10-12H,7-9H2,1-2H3/t11-,12-/m1/s1. The predicted octanol–water partition coefficient (Wildman–Crippen LogP) is 2.38. The van der Waals surface area contributed by atoms with Crippen molar-refractivity contribution in [2.24, 2.45) is 0 Å². The minimum absolute atomic E-state index is 0.0900. The normalized spacial score (nSPS) is 21.8. The molecule has 22 heavy (non-hydrogen) atoms. The Labute approximate surface area is 134 Å². The minimum Gasteiger partial charge on any atom is -0.372 e. The second kappa shape index (κ2) is 6.54. The average molecular weight is 317 g/mol. The zero-order chi connectivity index (χ0) is 15.5. The monoisotopic (exact) mass is 317 g/mol. The molecule has 6 heteroatoms. The SMILES string of the molecule is C[C@@H]1CN(C(=O)Cc2csc(-c3ccccn3)n2)C[C@@H](C)O1. The average Bonchev–Trinajstić information content (AvgIpc) is 2.95. The smallest absolute Gasteiger partial charge is 0.228 e. The van der Waals surface area contributed by atoms with Gasteiger partial charge in [0.15, 0.2) is 0 Å². The number of aromatic nitrogens is 2. The van der Waals surface area contributed by atoms with Gasteiger partial charge in [0.25, 0.3) is 0 Å². The van der Waals surface area contributed by atoms with Gasteiger partial charge in [0.1, 0.15) is 5.01 Å². The highest BCUT2D eigenvalue weighted by atomic mass is 32.1. The summed E-state index contributed by atoms with van der Waals surface area (Å²) in [6.45, 7) is 5.30. The maximum absolute atomic E-state index is 12.4. The molecule has 0 saturated carbocycles. The van der Waals surface area contributed by atoms with Crippen LogP contribution in [-0.4, -0.2) is 46.1 Å². The van der Waals surface area contributed by atoms with Crippen molar-refractivity contribution in [2.45, 2.75) is 32.5 Å². The van der Waals surface area contributed by atoms with E-state index in [9.17, 15) is 4.79 Å². The maximum atomic E-state index is 12.4. The number of thiazole rings is 1. The number of amides is 1. The van der Waals surface area contributed by atoms with Crippen molar-refractivity contribution in [3.05, 3.63) is 35.5 Å². The number of nitrogens with zero attached hydrogens (tertiary/aromatic N) is 3. The Morgan fingerprint density at radius 2 is 2.14 bits per heavy atom. The molecule has 2 atom stereocenters. The van der Waals surface area contributed by atoms with Crippen LogP contribution < -0.4 is 0 Å². The van der Waals surface area contributed by atoms with E-state index in [0.717, 1.165) is 16.4 Å². The van der Waals surface area contributed by atoms with E-state index >= 15 is 0 Å². The Bertz CT molecular complexity index is 634. The van der Waals surface area contributed by atoms with Crippen molar-refractivity contribution >= 4 is 17.2 Å². The van der Waals surface area contributed by atoms with Crippen LogP contribution in [0.25, 0.3) is 10.7 Å². The molecule has 116 valence electrons. The molecule has 0 unspecified atom stereocenters. The first-order valence-corrected chi connectivity index (χ1v) is 8.29. The van der Waals surface area contributed by atoms with Crippen LogP contribution in [0.1, 0.15) is 19.5 Å². The van der Waals surface area contributed by atoms with Crippen LogP contribution in [0.4, 0.5) is 0 Å². The molecule has 2 aromatic heterocycles. The zero-order valence-corrected chi connectivity index (χ0v) is 13.5. The summed E-state index contributed by atoms with van der Waals surface area (Å²) >= 11 is 1.52. The van der Waals surface area contributed by atoms with Crippen molar-refractivity contribution in [1.82, 2.24) is 14.9 Å². The van der Waals surface area contributed by atoms with Gasteiger partial charge in [-0.1, -0.05) is 6.07 Å². The highest BCUT2D eigenvalue weighted by Crippen LogP contribution is 2.22. The van der Waals surface area contributed by atoms with Gasteiger partial charge in [0, 0.05) is 24.7 Å². The van der Waals surface area contributed by atoms with Gasteiger partial charge in [-0.15, -0.1) is 11.3 Å². The van der Waals surface area contributed by atoms with Crippen LogP contribution in [0.15, 0.2) is 29.8 Å². The fraction of sp³-hybridized carbons (Fsp3) is 0.438. The third-order valence-corrected chi connectivity index (χ3v) is 4.45. The van der Waals surface area contributed by atoms with Crippen LogP contribution in [0.2, 0.25) is 0 Å². The Balaban J connectivity index is 1.66. The van der Waals surface area contributed by atoms with Crippen molar-refractivity contribution in [3.8, 4) is 10.7 Å². The maximum Gasteiger partial charge on any atom is 0.228 e. The number of rotatable bonds is 3. The lowest BCUT2D eigenvalue weighted by Gasteiger charge is -2.35. The van der Waals surface area contributed by atoms with E-state index < -0.39 is 0 Å². The number of morpholine rings is 1. The number of carbonyl (C=O) groups is 1. The summed E-state index contributed by atoms with van der Waals surface area (Å²) in [6, 6.07) is 5.74.